The normalized spacial score (nSPS) is 10.9. The Bertz CT molecular complexity index is 386. The van der Waals surface area contributed by atoms with Crippen LogP contribution in [0.15, 0.2) is 0 Å². The number of halogens is 1. The molecule has 1 aromatic rings. The van der Waals surface area contributed by atoms with Crippen molar-refractivity contribution in [3.05, 3.63) is 16.4 Å². The quantitative estimate of drug-likeness (QED) is 0.765. The van der Waals surface area contributed by atoms with Crippen LogP contribution in [0.25, 0.3) is 0 Å². The van der Waals surface area contributed by atoms with Crippen LogP contribution >= 0.6 is 11.6 Å². The fourth-order valence-electron chi connectivity index (χ4n) is 1.49. The third-order valence-electron chi connectivity index (χ3n) is 2.13. The number of aryl methyl sites for hydroxylation is 1. The molecule has 0 radical (unpaired) electrons. The van der Waals surface area contributed by atoms with E-state index in [4.69, 9.17) is 16.3 Å². The first-order valence-corrected chi connectivity index (χ1v) is 5.73. The van der Waals surface area contributed by atoms with Gasteiger partial charge in [-0.05, 0) is 19.3 Å². The van der Waals surface area contributed by atoms with Crippen molar-refractivity contribution in [2.75, 3.05) is 6.61 Å². The number of aromatic nitrogens is 2. The average Bonchev–Trinajstić information content (AvgIpc) is 2.41. The molecule has 0 bridgehead atoms. The first-order valence-electron chi connectivity index (χ1n) is 5.35. The Labute approximate surface area is 101 Å². The summed E-state index contributed by atoms with van der Waals surface area (Å²) in [6, 6.07) is 0. The standard InChI is InChI=1S/C11H17ClN2O2/c1-5-16-11(15)10-9(12)8(6-7(2)3)13-14(10)4/h7H,5-6H2,1-4H3. The maximum Gasteiger partial charge on any atom is 0.358 e. The van der Waals surface area contributed by atoms with Crippen molar-refractivity contribution in [1.82, 2.24) is 9.78 Å². The third-order valence-corrected chi connectivity index (χ3v) is 2.52. The highest BCUT2D eigenvalue weighted by Gasteiger charge is 2.21. The minimum absolute atomic E-state index is 0.333. The number of nitrogens with zero attached hydrogens (tertiary/aromatic N) is 2. The lowest BCUT2D eigenvalue weighted by atomic mass is 10.1. The van der Waals surface area contributed by atoms with Crippen molar-refractivity contribution in [2.24, 2.45) is 13.0 Å². The predicted molar refractivity (Wildman–Crippen MR) is 62.7 cm³/mol. The molecule has 4 nitrogen and oxygen atoms in total. The summed E-state index contributed by atoms with van der Waals surface area (Å²) in [6.45, 7) is 6.25. The molecule has 0 saturated heterocycles. The number of hydrogen-bond donors (Lipinski definition) is 0. The molecule has 90 valence electrons. The predicted octanol–water partition coefficient (Wildman–Crippen LogP) is 2.45. The monoisotopic (exact) mass is 244 g/mol. The number of ether oxygens (including phenoxy) is 1. The van der Waals surface area contributed by atoms with Gasteiger partial charge in [0.15, 0.2) is 5.69 Å². The summed E-state index contributed by atoms with van der Waals surface area (Å²) >= 11 is 6.12. The second-order valence-corrected chi connectivity index (χ2v) is 4.43. The molecular formula is C11H17ClN2O2. The molecule has 0 aliphatic rings. The molecule has 1 aromatic heterocycles. The van der Waals surface area contributed by atoms with Crippen molar-refractivity contribution in [3.8, 4) is 0 Å². The van der Waals surface area contributed by atoms with E-state index >= 15 is 0 Å². The van der Waals surface area contributed by atoms with E-state index in [0.29, 0.717) is 23.2 Å². The molecule has 0 spiro atoms. The van der Waals surface area contributed by atoms with Gasteiger partial charge in [-0.25, -0.2) is 4.79 Å². The first-order chi connectivity index (χ1) is 7.47. The first kappa shape index (κ1) is 13.0. The molecule has 16 heavy (non-hydrogen) atoms. The second kappa shape index (κ2) is 5.34. The van der Waals surface area contributed by atoms with Crippen LogP contribution in [0.1, 0.15) is 37.0 Å². The van der Waals surface area contributed by atoms with Crippen LogP contribution in [0.4, 0.5) is 0 Å². The van der Waals surface area contributed by atoms with Crippen LogP contribution in [0, 0.1) is 5.92 Å². The topological polar surface area (TPSA) is 44.1 Å². The highest BCUT2D eigenvalue weighted by molar-refractivity contribution is 6.34. The van der Waals surface area contributed by atoms with Gasteiger partial charge in [0, 0.05) is 7.05 Å². The maximum atomic E-state index is 11.6. The molecule has 5 heteroatoms. The lowest BCUT2D eigenvalue weighted by molar-refractivity contribution is 0.0514. The molecule has 0 aliphatic carbocycles. The van der Waals surface area contributed by atoms with Gasteiger partial charge in [-0.1, -0.05) is 25.4 Å². The van der Waals surface area contributed by atoms with Crippen molar-refractivity contribution in [1.29, 1.82) is 0 Å². The number of carbonyl (C=O) groups excluding carboxylic acids is 1. The van der Waals surface area contributed by atoms with Gasteiger partial charge in [-0.3, -0.25) is 4.68 Å². The minimum Gasteiger partial charge on any atom is -0.461 e. The van der Waals surface area contributed by atoms with E-state index in [9.17, 15) is 4.79 Å². The van der Waals surface area contributed by atoms with E-state index in [2.05, 4.69) is 18.9 Å². The number of rotatable bonds is 4. The summed E-state index contributed by atoms with van der Waals surface area (Å²) < 4.78 is 6.41. The zero-order valence-electron chi connectivity index (χ0n) is 10.1. The Kier molecular flexibility index (Phi) is 4.35. The van der Waals surface area contributed by atoms with Gasteiger partial charge in [0.25, 0.3) is 0 Å². The lowest BCUT2D eigenvalue weighted by Crippen LogP contribution is -2.10. The minimum atomic E-state index is -0.419. The molecule has 0 aromatic carbocycles. The molecule has 0 fully saturated rings. The lowest BCUT2D eigenvalue weighted by Gasteiger charge is -2.02. The molecule has 0 amide bonds. The SMILES string of the molecule is CCOC(=O)c1c(Cl)c(CC(C)C)nn1C. The van der Waals surface area contributed by atoms with Gasteiger partial charge in [0.2, 0.25) is 0 Å². The van der Waals surface area contributed by atoms with Gasteiger partial charge in [0.1, 0.15) is 0 Å². The van der Waals surface area contributed by atoms with E-state index in [1.807, 2.05) is 0 Å². The molecule has 0 saturated carbocycles. The van der Waals surface area contributed by atoms with Crippen LogP contribution in [0.3, 0.4) is 0 Å². The van der Waals surface area contributed by atoms with Gasteiger partial charge in [0.05, 0.1) is 17.3 Å². The smallest absolute Gasteiger partial charge is 0.358 e. The van der Waals surface area contributed by atoms with Gasteiger partial charge in [-0.15, -0.1) is 0 Å². The average molecular weight is 245 g/mol. The largest absolute Gasteiger partial charge is 0.461 e. The molecular weight excluding hydrogens is 228 g/mol. The van der Waals surface area contributed by atoms with E-state index in [1.165, 1.54) is 4.68 Å². The van der Waals surface area contributed by atoms with Crippen LogP contribution in [-0.2, 0) is 18.2 Å². The Morgan fingerprint density at radius 3 is 2.69 bits per heavy atom. The summed E-state index contributed by atoms with van der Waals surface area (Å²) in [7, 11) is 1.70. The van der Waals surface area contributed by atoms with E-state index in [-0.39, 0.29) is 0 Å². The van der Waals surface area contributed by atoms with Crippen molar-refractivity contribution >= 4 is 17.6 Å². The zero-order chi connectivity index (χ0) is 12.3. The summed E-state index contributed by atoms with van der Waals surface area (Å²) in [6.07, 6.45) is 0.756. The second-order valence-electron chi connectivity index (χ2n) is 4.05. The number of esters is 1. The molecule has 1 heterocycles. The maximum absolute atomic E-state index is 11.6. The molecule has 0 atom stereocenters. The summed E-state index contributed by atoms with van der Waals surface area (Å²) in [5.41, 5.74) is 1.08. The zero-order valence-corrected chi connectivity index (χ0v) is 10.8. The van der Waals surface area contributed by atoms with Crippen LogP contribution in [0.5, 0.6) is 0 Å². The van der Waals surface area contributed by atoms with E-state index < -0.39 is 5.97 Å². The highest BCUT2D eigenvalue weighted by atomic mass is 35.5. The number of hydrogen-bond acceptors (Lipinski definition) is 3. The fourth-order valence-corrected chi connectivity index (χ4v) is 1.81. The van der Waals surface area contributed by atoms with Crippen LogP contribution in [0.2, 0.25) is 5.02 Å². The summed E-state index contributed by atoms with van der Waals surface area (Å²) in [5.74, 6) is 0.0277. The van der Waals surface area contributed by atoms with Crippen molar-refractivity contribution < 1.29 is 9.53 Å². The Morgan fingerprint density at radius 1 is 1.56 bits per heavy atom. The van der Waals surface area contributed by atoms with Gasteiger partial charge >= 0.3 is 5.97 Å². The molecule has 0 aliphatic heterocycles. The van der Waals surface area contributed by atoms with Crippen LogP contribution in [-0.4, -0.2) is 22.4 Å². The summed E-state index contributed by atoms with van der Waals surface area (Å²) in [5, 5.41) is 4.65. The van der Waals surface area contributed by atoms with E-state index in [0.717, 1.165) is 12.1 Å². The number of carbonyl (C=O) groups is 1. The van der Waals surface area contributed by atoms with E-state index in [1.54, 1.807) is 14.0 Å². The molecule has 0 N–H and O–H groups in total. The van der Waals surface area contributed by atoms with Crippen molar-refractivity contribution in [3.63, 3.8) is 0 Å². The molecule has 0 unspecified atom stereocenters. The van der Waals surface area contributed by atoms with Crippen LogP contribution < -0.4 is 0 Å². The van der Waals surface area contributed by atoms with Gasteiger partial charge < -0.3 is 4.74 Å². The highest BCUT2D eigenvalue weighted by Crippen LogP contribution is 2.23. The Morgan fingerprint density at radius 2 is 2.19 bits per heavy atom. The molecule has 1 rings (SSSR count). The third kappa shape index (κ3) is 2.76. The summed E-state index contributed by atoms with van der Waals surface area (Å²) in [4.78, 5) is 11.6. The van der Waals surface area contributed by atoms with Crippen molar-refractivity contribution in [2.45, 2.75) is 27.2 Å². The Hall–Kier alpha value is -1.03. The van der Waals surface area contributed by atoms with Gasteiger partial charge in [-0.2, -0.15) is 5.10 Å². The Balaban J connectivity index is 3.02. The fraction of sp³-hybridized carbons (Fsp3) is 0.636.